The average molecular weight is 468 g/mol. The molecule has 0 saturated heterocycles. The van der Waals surface area contributed by atoms with Gasteiger partial charge in [-0.05, 0) is 59.2 Å². The van der Waals surface area contributed by atoms with E-state index in [0.717, 1.165) is 55.6 Å². The zero-order chi connectivity index (χ0) is 24.4. The number of hydrogen-bond acceptors (Lipinski definition) is 3. The molecule has 0 aliphatic heterocycles. The smallest absolute Gasteiger partial charge is 0.109 e. The molecule has 0 radical (unpaired) electrons. The minimum Gasteiger partial charge on any atom is -0.342 e. The first-order valence-electron chi connectivity index (χ1n) is 12.3. The SMILES string of the molecule is Cc1ncc(-c2ccc3cc(-c4ccc5c(c4)c4ncccc4c4nc(C(C)C)[nH]c54)ccc3c2)[nH]1. The Labute approximate surface area is 208 Å². The van der Waals surface area contributed by atoms with Crippen molar-refractivity contribution < 1.29 is 0 Å². The fourth-order valence-electron chi connectivity index (χ4n) is 5.16. The van der Waals surface area contributed by atoms with Gasteiger partial charge in [0, 0.05) is 33.8 Å². The highest BCUT2D eigenvalue weighted by molar-refractivity contribution is 6.22. The molecule has 0 bridgehead atoms. The van der Waals surface area contributed by atoms with E-state index in [1.165, 1.54) is 21.9 Å². The number of imidazole rings is 2. The molecule has 2 N–H and O–H groups in total. The van der Waals surface area contributed by atoms with Gasteiger partial charge in [-0.1, -0.05) is 50.2 Å². The van der Waals surface area contributed by atoms with Crippen molar-refractivity contribution in [3.05, 3.63) is 90.8 Å². The standard InChI is InChI=1S/C31H25N5/c1-17(2)31-35-29-24-11-10-22(15-26(24)28-25(30(29)36-31)5-4-12-32-28)20-6-7-21-14-23(9-8-19(21)13-20)27-16-33-18(3)34-27/h4-17H,1-3H3,(H,33,34)(H,35,36). The van der Waals surface area contributed by atoms with Crippen LogP contribution < -0.4 is 0 Å². The summed E-state index contributed by atoms with van der Waals surface area (Å²) in [4.78, 5) is 21.0. The van der Waals surface area contributed by atoms with E-state index in [4.69, 9.17) is 9.97 Å². The van der Waals surface area contributed by atoms with E-state index in [1.807, 2.05) is 25.4 Å². The molecule has 3 aromatic heterocycles. The number of pyridine rings is 1. The highest BCUT2D eigenvalue weighted by atomic mass is 14.9. The highest BCUT2D eigenvalue weighted by Gasteiger charge is 2.16. The van der Waals surface area contributed by atoms with Crippen molar-refractivity contribution in [3.8, 4) is 22.4 Å². The van der Waals surface area contributed by atoms with Gasteiger partial charge < -0.3 is 9.97 Å². The number of benzene rings is 4. The summed E-state index contributed by atoms with van der Waals surface area (Å²) < 4.78 is 0. The molecular formula is C31H25N5. The predicted octanol–water partition coefficient (Wildman–Crippen LogP) is 7.91. The van der Waals surface area contributed by atoms with Crippen LogP contribution in [-0.2, 0) is 0 Å². The van der Waals surface area contributed by atoms with Crippen LogP contribution in [0.25, 0.3) is 65.9 Å². The number of hydrogen-bond donors (Lipinski definition) is 2. The third-order valence-corrected chi connectivity index (χ3v) is 7.06. The molecule has 0 aliphatic rings. The molecule has 7 aromatic rings. The lowest BCUT2D eigenvalue weighted by atomic mass is 9.96. The largest absolute Gasteiger partial charge is 0.342 e. The molecule has 3 heterocycles. The first-order valence-corrected chi connectivity index (χ1v) is 12.3. The van der Waals surface area contributed by atoms with Crippen LogP contribution in [0.4, 0.5) is 0 Å². The average Bonchev–Trinajstić information content (AvgIpc) is 3.55. The summed E-state index contributed by atoms with van der Waals surface area (Å²) in [6.45, 7) is 6.30. The Morgan fingerprint density at radius 2 is 1.44 bits per heavy atom. The Kier molecular flexibility index (Phi) is 4.48. The topological polar surface area (TPSA) is 70.2 Å². The van der Waals surface area contributed by atoms with Crippen LogP contribution in [0.15, 0.2) is 79.1 Å². The lowest BCUT2D eigenvalue weighted by Crippen LogP contribution is -1.88. The van der Waals surface area contributed by atoms with Gasteiger partial charge in [-0.15, -0.1) is 0 Å². The van der Waals surface area contributed by atoms with Gasteiger partial charge in [0.25, 0.3) is 0 Å². The Morgan fingerprint density at radius 3 is 2.22 bits per heavy atom. The molecule has 0 aliphatic carbocycles. The number of H-pyrrole nitrogens is 2. The molecule has 36 heavy (non-hydrogen) atoms. The van der Waals surface area contributed by atoms with Gasteiger partial charge in [-0.2, -0.15) is 0 Å². The van der Waals surface area contributed by atoms with E-state index in [1.54, 1.807) is 0 Å². The Morgan fingerprint density at radius 1 is 0.694 bits per heavy atom. The number of fused-ring (bicyclic) bond motifs is 7. The normalized spacial score (nSPS) is 12.0. The van der Waals surface area contributed by atoms with Gasteiger partial charge in [0.2, 0.25) is 0 Å². The van der Waals surface area contributed by atoms with Crippen LogP contribution in [0.1, 0.15) is 31.4 Å². The first-order chi connectivity index (χ1) is 17.5. The number of rotatable bonds is 3. The molecule has 4 aromatic carbocycles. The first kappa shape index (κ1) is 20.8. The predicted molar refractivity (Wildman–Crippen MR) is 148 cm³/mol. The summed E-state index contributed by atoms with van der Waals surface area (Å²) in [6.07, 6.45) is 3.75. The molecule has 0 unspecified atom stereocenters. The monoisotopic (exact) mass is 467 g/mol. The number of aromatic nitrogens is 5. The van der Waals surface area contributed by atoms with Crippen molar-refractivity contribution in [2.75, 3.05) is 0 Å². The molecule has 0 fully saturated rings. The van der Waals surface area contributed by atoms with Crippen molar-refractivity contribution in [2.45, 2.75) is 26.7 Å². The van der Waals surface area contributed by atoms with Crippen molar-refractivity contribution in [3.63, 3.8) is 0 Å². The zero-order valence-corrected chi connectivity index (χ0v) is 20.4. The van der Waals surface area contributed by atoms with E-state index in [-0.39, 0.29) is 0 Å². The second-order valence-corrected chi connectivity index (χ2v) is 9.82. The van der Waals surface area contributed by atoms with Gasteiger partial charge >= 0.3 is 0 Å². The van der Waals surface area contributed by atoms with E-state index >= 15 is 0 Å². The Bertz CT molecular complexity index is 1940. The van der Waals surface area contributed by atoms with Gasteiger partial charge in [0.15, 0.2) is 0 Å². The van der Waals surface area contributed by atoms with E-state index in [9.17, 15) is 0 Å². The van der Waals surface area contributed by atoms with E-state index in [2.05, 4.69) is 89.5 Å². The van der Waals surface area contributed by atoms with Gasteiger partial charge in [0.1, 0.15) is 11.6 Å². The third kappa shape index (κ3) is 3.20. The summed E-state index contributed by atoms with van der Waals surface area (Å²) in [7, 11) is 0. The quantitative estimate of drug-likeness (QED) is 0.259. The van der Waals surface area contributed by atoms with Crippen LogP contribution in [-0.4, -0.2) is 24.9 Å². The lowest BCUT2D eigenvalue weighted by Gasteiger charge is -2.10. The van der Waals surface area contributed by atoms with E-state index in [0.29, 0.717) is 5.92 Å². The fourth-order valence-corrected chi connectivity index (χ4v) is 5.16. The molecule has 7 rings (SSSR count). The minimum atomic E-state index is 0.328. The van der Waals surface area contributed by atoms with Crippen molar-refractivity contribution in [1.82, 2.24) is 24.9 Å². The maximum Gasteiger partial charge on any atom is 0.109 e. The summed E-state index contributed by atoms with van der Waals surface area (Å²) in [5.41, 5.74) is 7.61. The lowest BCUT2D eigenvalue weighted by molar-refractivity contribution is 0.799. The van der Waals surface area contributed by atoms with Crippen molar-refractivity contribution in [1.29, 1.82) is 0 Å². The molecule has 0 amide bonds. The van der Waals surface area contributed by atoms with Crippen LogP contribution in [0.2, 0.25) is 0 Å². The minimum absolute atomic E-state index is 0.328. The molecule has 0 spiro atoms. The maximum atomic E-state index is 4.93. The second-order valence-electron chi connectivity index (χ2n) is 9.82. The number of aryl methyl sites for hydroxylation is 1. The Balaban J connectivity index is 1.39. The third-order valence-electron chi connectivity index (χ3n) is 7.06. The zero-order valence-electron chi connectivity index (χ0n) is 20.4. The van der Waals surface area contributed by atoms with Crippen LogP contribution in [0.3, 0.4) is 0 Å². The molecule has 174 valence electrons. The molecule has 0 saturated carbocycles. The van der Waals surface area contributed by atoms with Crippen LogP contribution in [0, 0.1) is 6.92 Å². The Hall–Kier alpha value is -4.51. The molecule has 5 nitrogen and oxygen atoms in total. The summed E-state index contributed by atoms with van der Waals surface area (Å²) >= 11 is 0. The summed E-state index contributed by atoms with van der Waals surface area (Å²) in [6, 6.07) is 24.0. The summed E-state index contributed by atoms with van der Waals surface area (Å²) in [5, 5.41) is 5.79. The van der Waals surface area contributed by atoms with Crippen molar-refractivity contribution >= 4 is 43.5 Å². The fraction of sp³-hybridized carbons (Fsp3) is 0.129. The van der Waals surface area contributed by atoms with Gasteiger partial charge in [0.05, 0.1) is 28.4 Å². The molecule has 5 heteroatoms. The van der Waals surface area contributed by atoms with Gasteiger partial charge in [-0.3, -0.25) is 4.98 Å². The van der Waals surface area contributed by atoms with Crippen LogP contribution in [0.5, 0.6) is 0 Å². The molecular weight excluding hydrogens is 442 g/mol. The van der Waals surface area contributed by atoms with Crippen LogP contribution >= 0.6 is 0 Å². The van der Waals surface area contributed by atoms with Gasteiger partial charge in [-0.25, -0.2) is 9.97 Å². The summed E-state index contributed by atoms with van der Waals surface area (Å²) in [5.74, 6) is 2.26. The number of nitrogens with one attached hydrogen (secondary N) is 2. The van der Waals surface area contributed by atoms with Crippen molar-refractivity contribution in [2.24, 2.45) is 0 Å². The van der Waals surface area contributed by atoms with E-state index < -0.39 is 0 Å². The molecule has 0 atom stereocenters. The highest BCUT2D eigenvalue weighted by Crippen LogP contribution is 2.36. The number of aromatic amines is 2. The number of nitrogens with zero attached hydrogens (tertiary/aromatic N) is 3. The maximum absolute atomic E-state index is 4.93. The second kappa shape index (κ2) is 7.75.